The molecule has 0 amide bonds. The summed E-state index contributed by atoms with van der Waals surface area (Å²) in [6.07, 6.45) is -24.7. The van der Waals surface area contributed by atoms with Crippen LogP contribution in [0, 0.1) is 52.3 Å². The summed E-state index contributed by atoms with van der Waals surface area (Å²) < 4.78 is 59.9. The molecule has 75 heavy (non-hydrogen) atoms. The number of hydrogen-bond donors (Lipinski definition) is 14. The van der Waals surface area contributed by atoms with Crippen LogP contribution in [0.5, 0.6) is 0 Å². The van der Waals surface area contributed by atoms with E-state index in [0.717, 1.165) is 32.1 Å². The van der Waals surface area contributed by atoms with Crippen LogP contribution in [0.4, 0.5) is 0 Å². The summed E-state index contributed by atoms with van der Waals surface area (Å²) in [5, 5.41) is 148. The van der Waals surface area contributed by atoms with E-state index in [1.165, 1.54) is 0 Å². The second-order valence-electron chi connectivity index (χ2n) is 24.1. The Morgan fingerprint density at radius 1 is 0.600 bits per heavy atom. The molecule has 0 radical (unpaired) electrons. The second kappa shape index (κ2) is 23.1. The zero-order valence-corrected chi connectivity index (χ0v) is 43.5. The molecular weight excluding hydrogens is 997 g/mol. The van der Waals surface area contributed by atoms with E-state index in [1.807, 2.05) is 6.92 Å². The molecule has 9 rings (SSSR count). The molecule has 5 aliphatic heterocycles. The number of hydrogen-bond acceptors (Lipinski definition) is 24. The molecule has 0 aromatic rings. The Bertz CT molecular complexity index is 1870. The van der Waals surface area contributed by atoms with E-state index >= 15 is 0 Å². The zero-order chi connectivity index (χ0) is 54.2. The summed E-state index contributed by atoms with van der Waals surface area (Å²) in [4.78, 5) is 0. The van der Waals surface area contributed by atoms with Gasteiger partial charge in [0.25, 0.3) is 0 Å². The highest BCUT2D eigenvalue weighted by Gasteiger charge is 2.69. The van der Waals surface area contributed by atoms with E-state index in [4.69, 9.17) is 47.4 Å². The normalized spacial score (nSPS) is 55.4. The molecule has 0 spiro atoms. The molecular formula is C51H86O24. The molecule has 0 bridgehead atoms. The molecule has 24 heteroatoms. The first kappa shape index (κ1) is 58.7. The standard InChI is InChI=1S/C51H86O24/c1-20(18-67-45-41(64)37(60)35(58)30(15-52)70-45)8-11-51(66-5)21(2)33-29(75-51)13-25-23-7-6-22-12-28(26(55)14-50(22,4)24(23)9-10-49(25,33)3)69-47-42(65)39(62)43(32(17-54)72-47)73-48-44(38(61)36(59)31(16-53)71-48)74-46-40(63)34(57)27(56)19-68-46/h20-48,52-65H,6-19H2,1-5H3/t20-,21+,22+,23-,24+,25+,26-,27-,28-,29+,30-,31-,32-,33+,34+,35-,36-,37+,38+,39-,40-,41-,42-,43+,44-,45-,46+,47-,48+,49+,50+,51-/m1/s1. The van der Waals surface area contributed by atoms with E-state index < -0.39 is 161 Å². The third-order valence-electron chi connectivity index (χ3n) is 20.0. The molecule has 9 aliphatic rings. The third kappa shape index (κ3) is 10.5. The van der Waals surface area contributed by atoms with Gasteiger partial charge in [-0.25, -0.2) is 0 Å². The van der Waals surface area contributed by atoms with Gasteiger partial charge in [0.15, 0.2) is 30.9 Å². The Hall–Kier alpha value is -0.960. The maximum Gasteiger partial charge on any atom is 0.187 e. The first-order valence-corrected chi connectivity index (χ1v) is 27.3. The Balaban J connectivity index is 0.801. The Kier molecular flexibility index (Phi) is 18.1. The predicted octanol–water partition coefficient (Wildman–Crippen LogP) is -3.69. The first-order chi connectivity index (χ1) is 35.6. The van der Waals surface area contributed by atoms with Crippen molar-refractivity contribution < 1.29 is 119 Å². The highest BCUT2D eigenvalue weighted by Crippen LogP contribution is 2.71. The smallest absolute Gasteiger partial charge is 0.187 e. The number of fused-ring (bicyclic) bond motifs is 7. The summed E-state index contributed by atoms with van der Waals surface area (Å²) >= 11 is 0. The van der Waals surface area contributed by atoms with Crippen LogP contribution in [-0.2, 0) is 47.4 Å². The maximum absolute atomic E-state index is 11.9. The van der Waals surface area contributed by atoms with E-state index in [0.29, 0.717) is 43.4 Å². The van der Waals surface area contributed by atoms with Crippen LogP contribution in [-0.4, -0.2) is 252 Å². The number of aliphatic hydroxyl groups is 14. The van der Waals surface area contributed by atoms with Crippen molar-refractivity contribution in [1.29, 1.82) is 0 Å². The minimum Gasteiger partial charge on any atom is -0.394 e. The van der Waals surface area contributed by atoms with Gasteiger partial charge in [0.2, 0.25) is 0 Å². The quantitative estimate of drug-likeness (QED) is 0.0662. The van der Waals surface area contributed by atoms with Gasteiger partial charge in [-0.1, -0.05) is 27.7 Å². The highest BCUT2D eigenvalue weighted by molar-refractivity contribution is 5.16. The van der Waals surface area contributed by atoms with Crippen molar-refractivity contribution in [3.05, 3.63) is 0 Å². The van der Waals surface area contributed by atoms with Gasteiger partial charge in [-0.05, 0) is 97.7 Å². The van der Waals surface area contributed by atoms with Gasteiger partial charge in [0.05, 0.1) is 51.3 Å². The monoisotopic (exact) mass is 1080 g/mol. The minimum absolute atomic E-state index is 0.00226. The van der Waals surface area contributed by atoms with Crippen molar-refractivity contribution in [2.45, 2.75) is 226 Å². The Morgan fingerprint density at radius 2 is 1.21 bits per heavy atom. The molecule has 32 atom stereocenters. The molecule has 14 N–H and O–H groups in total. The fourth-order valence-electron chi connectivity index (χ4n) is 15.7. The van der Waals surface area contributed by atoms with Gasteiger partial charge in [0.1, 0.15) is 91.6 Å². The largest absolute Gasteiger partial charge is 0.394 e. The van der Waals surface area contributed by atoms with Crippen molar-refractivity contribution in [3.8, 4) is 0 Å². The summed E-state index contributed by atoms with van der Waals surface area (Å²) in [5.41, 5.74) is -0.236. The van der Waals surface area contributed by atoms with Crippen molar-refractivity contribution in [2.24, 2.45) is 52.3 Å². The average Bonchev–Trinajstić information content (AvgIpc) is 3.85. The second-order valence-corrected chi connectivity index (χ2v) is 24.1. The molecule has 434 valence electrons. The molecule has 0 aromatic heterocycles. The first-order valence-electron chi connectivity index (χ1n) is 27.3. The third-order valence-corrected chi connectivity index (χ3v) is 20.0. The number of methoxy groups -OCH3 is 1. The van der Waals surface area contributed by atoms with E-state index in [1.54, 1.807) is 7.11 Å². The van der Waals surface area contributed by atoms with Gasteiger partial charge in [-0.2, -0.15) is 0 Å². The van der Waals surface area contributed by atoms with Gasteiger partial charge in [-0.15, -0.1) is 0 Å². The highest BCUT2D eigenvalue weighted by atomic mass is 16.8. The number of rotatable bonds is 16. The lowest BCUT2D eigenvalue weighted by atomic mass is 9.44. The number of aliphatic hydroxyl groups excluding tert-OH is 14. The average molecular weight is 1080 g/mol. The Labute approximate surface area is 436 Å². The molecule has 9 fully saturated rings. The lowest BCUT2D eigenvalue weighted by Gasteiger charge is -2.62. The molecule has 0 aromatic carbocycles. The van der Waals surface area contributed by atoms with E-state index in [-0.39, 0.29) is 47.2 Å². The van der Waals surface area contributed by atoms with Crippen molar-refractivity contribution in [2.75, 3.05) is 40.1 Å². The van der Waals surface area contributed by atoms with Crippen LogP contribution in [0.25, 0.3) is 0 Å². The fourth-order valence-corrected chi connectivity index (χ4v) is 15.7. The van der Waals surface area contributed by atoms with Crippen molar-refractivity contribution in [1.82, 2.24) is 0 Å². The van der Waals surface area contributed by atoms with Crippen LogP contribution < -0.4 is 0 Å². The SMILES string of the molecule is CO[C@]1(CC[C@@H](C)CO[C@@H]2O[C@H](CO)[C@@H](O)[C@H](O)[C@H]2O)O[C@H]2C[C@H]3[C@@H]4CC[C@H]5C[C@@H](O[C@@H]6O[C@H](CO)[C@H](O[C@@H]7O[C@H](CO)[C@@H](O)[C@H](O)[C@H]7O[C@@H]7OC[C@@H](O)[C@H](O)[C@H]7O)[C@H](O)[C@H]6O)[C@H](O)C[C@]5(C)[C@H]4CC[C@]3(C)[C@H]2[C@@H]1C. The summed E-state index contributed by atoms with van der Waals surface area (Å²) in [6, 6.07) is 0. The maximum atomic E-state index is 11.9. The fraction of sp³-hybridized carbons (Fsp3) is 1.00. The van der Waals surface area contributed by atoms with Gasteiger partial charge in [0, 0.05) is 19.4 Å². The molecule has 24 nitrogen and oxygen atoms in total. The van der Waals surface area contributed by atoms with Crippen LogP contribution in [0.1, 0.15) is 85.5 Å². The molecule has 4 saturated carbocycles. The Morgan fingerprint density at radius 3 is 1.89 bits per heavy atom. The van der Waals surface area contributed by atoms with Crippen LogP contribution in [0.3, 0.4) is 0 Å². The van der Waals surface area contributed by atoms with Crippen LogP contribution in [0.15, 0.2) is 0 Å². The van der Waals surface area contributed by atoms with Crippen LogP contribution >= 0.6 is 0 Å². The zero-order valence-electron chi connectivity index (χ0n) is 43.5. The topological polar surface area (TPSA) is 376 Å². The molecule has 5 saturated heterocycles. The van der Waals surface area contributed by atoms with Crippen molar-refractivity contribution in [3.63, 3.8) is 0 Å². The molecule has 4 aliphatic carbocycles. The molecule has 0 unspecified atom stereocenters. The van der Waals surface area contributed by atoms with Gasteiger partial charge in [-0.3, -0.25) is 0 Å². The lowest BCUT2D eigenvalue weighted by molar-refractivity contribution is -0.386. The summed E-state index contributed by atoms with van der Waals surface area (Å²) in [5.74, 6) is 0.811. The molecule has 5 heterocycles. The lowest BCUT2D eigenvalue weighted by Crippen LogP contribution is -2.66. The van der Waals surface area contributed by atoms with E-state index in [2.05, 4.69) is 20.8 Å². The summed E-state index contributed by atoms with van der Waals surface area (Å²) in [6.45, 7) is 6.62. The number of ether oxygens (including phenoxy) is 10. The van der Waals surface area contributed by atoms with E-state index in [9.17, 15) is 71.5 Å². The van der Waals surface area contributed by atoms with Gasteiger partial charge < -0.3 is 119 Å². The van der Waals surface area contributed by atoms with Crippen molar-refractivity contribution >= 4 is 0 Å². The predicted molar refractivity (Wildman–Crippen MR) is 252 cm³/mol. The van der Waals surface area contributed by atoms with Gasteiger partial charge >= 0.3 is 0 Å². The van der Waals surface area contributed by atoms with Crippen LogP contribution in [0.2, 0.25) is 0 Å². The summed E-state index contributed by atoms with van der Waals surface area (Å²) in [7, 11) is 1.70. The minimum atomic E-state index is -1.85.